The van der Waals surface area contributed by atoms with Crippen molar-refractivity contribution in [3.05, 3.63) is 0 Å². The molecule has 1 rings (SSSR count). The van der Waals surface area contributed by atoms with Crippen molar-refractivity contribution in [3.63, 3.8) is 0 Å². The highest BCUT2D eigenvalue weighted by Crippen LogP contribution is 2.15. The van der Waals surface area contributed by atoms with Crippen LogP contribution in [0.3, 0.4) is 0 Å². The van der Waals surface area contributed by atoms with E-state index in [1.165, 1.54) is 10.6 Å². The number of rotatable bonds is 8. The molecule has 0 spiro atoms. The average Bonchev–Trinajstić information content (AvgIpc) is 2.24. The zero-order chi connectivity index (χ0) is 14.5. The Bertz CT molecular complexity index is 393. The van der Waals surface area contributed by atoms with Gasteiger partial charge >= 0.3 is 0 Å². The Hall–Kier alpha value is -0.660. The van der Waals surface area contributed by atoms with E-state index in [0.717, 1.165) is 13.1 Å². The molecule has 1 unspecified atom stereocenters. The summed E-state index contributed by atoms with van der Waals surface area (Å²) in [6.07, 6.45) is 1.85. The number of hydrogen-bond donors (Lipinski definition) is 2. The van der Waals surface area contributed by atoms with Crippen LogP contribution in [-0.4, -0.2) is 57.6 Å². The van der Waals surface area contributed by atoms with Gasteiger partial charge in [-0.25, -0.2) is 12.7 Å². The first-order valence-electron chi connectivity index (χ1n) is 6.79. The van der Waals surface area contributed by atoms with E-state index in [4.69, 9.17) is 0 Å². The minimum absolute atomic E-state index is 0.0263. The second-order valence-corrected chi connectivity index (χ2v) is 7.09. The van der Waals surface area contributed by atoms with Crippen molar-refractivity contribution in [1.82, 2.24) is 14.9 Å². The molecule has 6 nitrogen and oxygen atoms in total. The zero-order valence-corrected chi connectivity index (χ0v) is 12.8. The van der Waals surface area contributed by atoms with E-state index in [9.17, 15) is 13.2 Å². The molecule has 0 aromatic rings. The third-order valence-corrected chi connectivity index (χ3v) is 5.02. The van der Waals surface area contributed by atoms with Gasteiger partial charge in [0.1, 0.15) is 0 Å². The maximum atomic E-state index is 11.8. The fraction of sp³-hybridized carbons (Fsp3) is 0.917. The van der Waals surface area contributed by atoms with E-state index in [-0.39, 0.29) is 11.8 Å². The molecular weight excluding hydrogens is 266 g/mol. The predicted octanol–water partition coefficient (Wildman–Crippen LogP) is -0.370. The summed E-state index contributed by atoms with van der Waals surface area (Å²) in [4.78, 5) is 11.8. The van der Waals surface area contributed by atoms with Gasteiger partial charge < -0.3 is 10.6 Å². The summed E-state index contributed by atoms with van der Waals surface area (Å²) in [5.41, 5.74) is 0. The van der Waals surface area contributed by atoms with Gasteiger partial charge in [0.15, 0.2) is 0 Å². The molecule has 0 bridgehead atoms. The van der Waals surface area contributed by atoms with Crippen LogP contribution in [-0.2, 0) is 14.8 Å². The lowest BCUT2D eigenvalue weighted by Crippen LogP contribution is -2.49. The maximum Gasteiger partial charge on any atom is 0.223 e. The zero-order valence-electron chi connectivity index (χ0n) is 12.0. The summed E-state index contributed by atoms with van der Waals surface area (Å²) in [6, 6.07) is 0. The van der Waals surface area contributed by atoms with Crippen LogP contribution < -0.4 is 10.6 Å². The van der Waals surface area contributed by atoms with Gasteiger partial charge in [0, 0.05) is 25.6 Å². The lowest BCUT2D eigenvalue weighted by atomic mass is 9.88. The third-order valence-electron chi connectivity index (χ3n) is 3.64. The van der Waals surface area contributed by atoms with Crippen LogP contribution in [0, 0.1) is 11.8 Å². The second-order valence-electron chi connectivity index (χ2n) is 5.11. The minimum Gasteiger partial charge on any atom is -0.356 e. The molecule has 1 aliphatic rings. The van der Waals surface area contributed by atoms with Crippen molar-refractivity contribution < 1.29 is 13.2 Å². The van der Waals surface area contributed by atoms with E-state index < -0.39 is 10.0 Å². The molecule has 0 saturated carbocycles. The molecule has 1 amide bonds. The molecule has 0 radical (unpaired) electrons. The van der Waals surface area contributed by atoms with Crippen molar-refractivity contribution in [2.45, 2.75) is 20.3 Å². The summed E-state index contributed by atoms with van der Waals surface area (Å²) in [7, 11) is -3.13. The number of hydrogen-bond acceptors (Lipinski definition) is 4. The number of nitrogens with one attached hydrogen (secondary N) is 2. The van der Waals surface area contributed by atoms with Crippen LogP contribution in [0.25, 0.3) is 0 Å². The van der Waals surface area contributed by atoms with E-state index in [1.54, 1.807) is 0 Å². The maximum absolute atomic E-state index is 11.8. The molecular formula is C12H25N3O3S. The van der Waals surface area contributed by atoms with Crippen LogP contribution in [0.15, 0.2) is 0 Å². The molecule has 1 saturated heterocycles. The Labute approximate surface area is 116 Å². The van der Waals surface area contributed by atoms with E-state index in [1.807, 2.05) is 13.8 Å². The normalized spacial score (nSPS) is 18.1. The molecule has 19 heavy (non-hydrogen) atoms. The van der Waals surface area contributed by atoms with Gasteiger partial charge in [-0.2, -0.15) is 0 Å². The van der Waals surface area contributed by atoms with Gasteiger partial charge in [-0.3, -0.25) is 4.79 Å². The summed E-state index contributed by atoms with van der Waals surface area (Å²) in [5.74, 6) is 0.524. The van der Waals surface area contributed by atoms with E-state index in [2.05, 4.69) is 10.6 Å². The fourth-order valence-electron chi connectivity index (χ4n) is 2.07. The molecule has 1 aliphatic heterocycles. The third kappa shape index (κ3) is 5.08. The predicted molar refractivity (Wildman–Crippen MR) is 75.2 cm³/mol. The molecule has 0 aromatic carbocycles. The lowest BCUT2D eigenvalue weighted by Gasteiger charge is -2.31. The van der Waals surface area contributed by atoms with Crippen molar-refractivity contribution in [2.24, 2.45) is 11.8 Å². The van der Waals surface area contributed by atoms with Gasteiger partial charge in [-0.05, 0) is 25.4 Å². The van der Waals surface area contributed by atoms with Crippen LogP contribution in [0.4, 0.5) is 0 Å². The summed E-state index contributed by atoms with van der Waals surface area (Å²) >= 11 is 0. The highest BCUT2D eigenvalue weighted by Gasteiger charge is 2.28. The van der Waals surface area contributed by atoms with Crippen LogP contribution in [0.5, 0.6) is 0 Å². The largest absolute Gasteiger partial charge is 0.356 e. The molecule has 7 heteroatoms. The lowest BCUT2D eigenvalue weighted by molar-refractivity contribution is -0.126. The topological polar surface area (TPSA) is 78.5 Å². The Morgan fingerprint density at radius 1 is 1.47 bits per heavy atom. The van der Waals surface area contributed by atoms with E-state index >= 15 is 0 Å². The second kappa shape index (κ2) is 7.21. The summed E-state index contributed by atoms with van der Waals surface area (Å²) in [6.45, 7) is 7.01. The average molecular weight is 291 g/mol. The van der Waals surface area contributed by atoms with Crippen molar-refractivity contribution in [3.8, 4) is 0 Å². The number of amides is 1. The number of nitrogens with zero attached hydrogens (tertiary/aromatic N) is 1. The molecule has 112 valence electrons. The number of sulfonamides is 1. The first-order valence-corrected chi connectivity index (χ1v) is 8.64. The SMILES string of the molecule is CCN(CCCNC(=O)C(C)C1CNC1)S(C)(=O)=O. The van der Waals surface area contributed by atoms with Gasteiger partial charge in [0.2, 0.25) is 15.9 Å². The first-order chi connectivity index (χ1) is 8.86. The number of carbonyl (C=O) groups excluding carboxylic acids is 1. The molecule has 0 aromatic heterocycles. The minimum atomic E-state index is -3.13. The van der Waals surface area contributed by atoms with Crippen molar-refractivity contribution in [2.75, 3.05) is 39.0 Å². The quantitative estimate of drug-likeness (QED) is 0.598. The highest BCUT2D eigenvalue weighted by atomic mass is 32.2. The smallest absolute Gasteiger partial charge is 0.223 e. The van der Waals surface area contributed by atoms with Crippen LogP contribution in [0.2, 0.25) is 0 Å². The van der Waals surface area contributed by atoms with Gasteiger partial charge in [-0.1, -0.05) is 13.8 Å². The van der Waals surface area contributed by atoms with E-state index in [0.29, 0.717) is 32.0 Å². The molecule has 1 atom stereocenters. The van der Waals surface area contributed by atoms with Gasteiger partial charge in [0.25, 0.3) is 0 Å². The Kier molecular flexibility index (Phi) is 6.22. The van der Waals surface area contributed by atoms with Crippen molar-refractivity contribution in [1.29, 1.82) is 0 Å². The Morgan fingerprint density at radius 3 is 2.53 bits per heavy atom. The molecule has 0 aliphatic carbocycles. The van der Waals surface area contributed by atoms with Gasteiger partial charge in [0.05, 0.1) is 6.26 Å². The standard InChI is InChI=1S/C12H25N3O3S/c1-4-15(19(3,17)18)7-5-6-14-12(16)10(2)11-8-13-9-11/h10-11,13H,4-9H2,1-3H3,(H,14,16). The van der Waals surface area contributed by atoms with Crippen LogP contribution >= 0.6 is 0 Å². The highest BCUT2D eigenvalue weighted by molar-refractivity contribution is 7.88. The van der Waals surface area contributed by atoms with Crippen LogP contribution in [0.1, 0.15) is 20.3 Å². The van der Waals surface area contributed by atoms with Crippen molar-refractivity contribution >= 4 is 15.9 Å². The molecule has 1 fully saturated rings. The Morgan fingerprint density at radius 2 is 2.11 bits per heavy atom. The monoisotopic (exact) mass is 291 g/mol. The first kappa shape index (κ1) is 16.4. The summed E-state index contributed by atoms with van der Waals surface area (Å²) in [5, 5.41) is 6.02. The molecule has 2 N–H and O–H groups in total. The number of carbonyl (C=O) groups is 1. The van der Waals surface area contributed by atoms with Gasteiger partial charge in [-0.15, -0.1) is 0 Å². The fourth-order valence-corrected chi connectivity index (χ4v) is 2.99. The Balaban J connectivity index is 2.21. The molecule has 1 heterocycles. The summed E-state index contributed by atoms with van der Waals surface area (Å²) < 4.78 is 24.1.